The molecule has 3 atom stereocenters. The lowest BCUT2D eigenvalue weighted by Crippen LogP contribution is -2.51. The third kappa shape index (κ3) is 6.74. The molecule has 11 heteroatoms. The summed E-state index contributed by atoms with van der Waals surface area (Å²) in [6.45, 7) is -0.430. The number of methoxy groups -OCH3 is 1. The molecular formula is C20H28N4O7. The number of hydrogen-bond donors (Lipinski definition) is 4. The van der Waals surface area contributed by atoms with Crippen LogP contribution in [0.1, 0.15) is 17.5 Å². The summed E-state index contributed by atoms with van der Waals surface area (Å²) < 4.78 is 9.94. The van der Waals surface area contributed by atoms with Gasteiger partial charge in [0.25, 0.3) is 0 Å². The maximum Gasteiger partial charge on any atom is 0.331 e. The summed E-state index contributed by atoms with van der Waals surface area (Å²) in [5.41, 5.74) is 13.3. The normalized spacial score (nSPS) is 19.0. The number of hydrogen-bond acceptors (Lipinski definition) is 8. The highest BCUT2D eigenvalue weighted by molar-refractivity contribution is 5.90. The Kier molecular flexibility index (Phi) is 8.91. The molecule has 0 spiro atoms. The lowest BCUT2D eigenvalue weighted by Gasteiger charge is -2.26. The van der Waals surface area contributed by atoms with Crippen LogP contribution in [0.5, 0.6) is 0 Å². The number of likely N-dealkylation sites (tertiary alicyclic amines) is 1. The van der Waals surface area contributed by atoms with Gasteiger partial charge in [-0.05, 0) is 24.0 Å². The molecule has 1 aliphatic heterocycles. The van der Waals surface area contributed by atoms with Gasteiger partial charge in [0, 0.05) is 13.1 Å². The van der Waals surface area contributed by atoms with Crippen LogP contribution >= 0.6 is 0 Å². The molecule has 1 aromatic carbocycles. The van der Waals surface area contributed by atoms with E-state index in [1.165, 1.54) is 4.90 Å². The molecule has 2 amide bonds. The fourth-order valence-corrected chi connectivity index (χ4v) is 3.42. The first-order valence-corrected chi connectivity index (χ1v) is 9.78. The quantitative estimate of drug-likeness (QED) is 0.314. The second-order valence-corrected chi connectivity index (χ2v) is 7.14. The summed E-state index contributed by atoms with van der Waals surface area (Å²) in [5, 5.41) is 11.3. The van der Waals surface area contributed by atoms with Crippen LogP contribution in [-0.4, -0.2) is 78.8 Å². The molecule has 11 nitrogen and oxygen atoms in total. The van der Waals surface area contributed by atoms with Gasteiger partial charge in [0.05, 0.1) is 25.8 Å². The lowest BCUT2D eigenvalue weighted by atomic mass is 10.0. The average molecular weight is 436 g/mol. The van der Waals surface area contributed by atoms with Gasteiger partial charge < -0.3 is 36.3 Å². The number of esters is 1. The van der Waals surface area contributed by atoms with E-state index < -0.39 is 48.5 Å². The molecule has 1 saturated heterocycles. The highest BCUT2D eigenvalue weighted by Crippen LogP contribution is 2.22. The second-order valence-electron chi connectivity index (χ2n) is 7.14. The van der Waals surface area contributed by atoms with Crippen molar-refractivity contribution in [1.29, 1.82) is 0 Å². The topological polar surface area (TPSA) is 174 Å². The summed E-state index contributed by atoms with van der Waals surface area (Å²) in [6, 6.07) is 5.44. The fraction of sp³-hybridized carbons (Fsp3) is 0.500. The van der Waals surface area contributed by atoms with Gasteiger partial charge in [-0.15, -0.1) is 0 Å². The maximum atomic E-state index is 12.6. The Hall–Kier alpha value is -3.02. The fourth-order valence-electron chi connectivity index (χ4n) is 3.42. The average Bonchev–Trinajstić information content (AvgIpc) is 3.19. The molecule has 2 rings (SSSR count). The van der Waals surface area contributed by atoms with Crippen molar-refractivity contribution < 1.29 is 33.8 Å². The number of carboxylic acid groups (broad SMARTS) is 1. The van der Waals surface area contributed by atoms with Crippen LogP contribution in [-0.2, 0) is 41.6 Å². The van der Waals surface area contributed by atoms with Gasteiger partial charge in [-0.3, -0.25) is 9.59 Å². The Labute approximate surface area is 179 Å². The van der Waals surface area contributed by atoms with Crippen LogP contribution in [0.15, 0.2) is 24.3 Å². The van der Waals surface area contributed by atoms with Crippen LogP contribution in [0.3, 0.4) is 0 Å². The molecule has 0 bridgehead atoms. The number of nitrogens with one attached hydrogen (secondary N) is 1. The molecule has 6 N–H and O–H groups in total. The van der Waals surface area contributed by atoms with Gasteiger partial charge in [-0.1, -0.05) is 24.3 Å². The summed E-state index contributed by atoms with van der Waals surface area (Å²) in [6.07, 6.45) is -0.266. The predicted octanol–water partition coefficient (Wildman–Crippen LogP) is -1.62. The Morgan fingerprint density at radius 2 is 2.00 bits per heavy atom. The van der Waals surface area contributed by atoms with E-state index in [1.54, 1.807) is 0 Å². The number of carbonyl (C=O) groups excluding carboxylic acids is 3. The van der Waals surface area contributed by atoms with Crippen LogP contribution in [0, 0.1) is 0 Å². The molecular weight excluding hydrogens is 408 g/mol. The van der Waals surface area contributed by atoms with E-state index >= 15 is 0 Å². The van der Waals surface area contributed by atoms with Crippen molar-refractivity contribution in [1.82, 2.24) is 10.2 Å². The number of rotatable bonds is 10. The first-order chi connectivity index (χ1) is 14.8. The molecule has 0 saturated carbocycles. The Morgan fingerprint density at radius 3 is 2.65 bits per heavy atom. The standard InChI is InChI=1S/C20H28N4O7/c1-30-20(29)18-15(31-11-17(26)27)5-6-24(18)16(25)10-23-19(28)14(22)8-12-3-2-4-13(7-12)9-21/h2-4,7,14-15,18H,5-6,8-11,21-22H2,1H3,(H,23,28)(H,26,27)/t14-,15?,18-/m0/s1. The molecule has 1 fully saturated rings. The first kappa shape index (κ1) is 24.3. The van der Waals surface area contributed by atoms with E-state index in [1.807, 2.05) is 24.3 Å². The van der Waals surface area contributed by atoms with Crippen molar-refractivity contribution in [2.24, 2.45) is 11.5 Å². The monoisotopic (exact) mass is 436 g/mol. The van der Waals surface area contributed by atoms with Crippen molar-refractivity contribution >= 4 is 23.8 Å². The molecule has 1 aromatic rings. The Bertz CT molecular complexity index is 816. The Balaban J connectivity index is 1.92. The van der Waals surface area contributed by atoms with Crippen LogP contribution < -0.4 is 16.8 Å². The minimum atomic E-state index is -1.19. The molecule has 0 aliphatic carbocycles. The van der Waals surface area contributed by atoms with E-state index in [-0.39, 0.29) is 25.9 Å². The number of nitrogens with two attached hydrogens (primary N) is 2. The summed E-state index contributed by atoms with van der Waals surface area (Å²) in [5.74, 6) is -2.95. The van der Waals surface area contributed by atoms with Gasteiger partial charge in [0.15, 0.2) is 6.04 Å². The highest BCUT2D eigenvalue weighted by Gasteiger charge is 2.43. The zero-order chi connectivity index (χ0) is 23.0. The zero-order valence-electron chi connectivity index (χ0n) is 17.3. The van der Waals surface area contributed by atoms with E-state index in [9.17, 15) is 19.2 Å². The summed E-state index contributed by atoms with van der Waals surface area (Å²) in [7, 11) is 1.16. The van der Waals surface area contributed by atoms with Crippen molar-refractivity contribution in [3.05, 3.63) is 35.4 Å². The Morgan fingerprint density at radius 1 is 1.29 bits per heavy atom. The maximum absolute atomic E-state index is 12.6. The summed E-state index contributed by atoms with van der Waals surface area (Å²) in [4.78, 5) is 49.0. The van der Waals surface area contributed by atoms with Gasteiger partial charge in [0.1, 0.15) is 6.61 Å². The molecule has 31 heavy (non-hydrogen) atoms. The van der Waals surface area contributed by atoms with E-state index in [0.29, 0.717) is 6.54 Å². The molecule has 170 valence electrons. The van der Waals surface area contributed by atoms with Crippen LogP contribution in [0.4, 0.5) is 0 Å². The SMILES string of the molecule is COC(=O)[C@@H]1C(OCC(=O)O)CCN1C(=O)CNC(=O)[C@@H](N)Cc1cccc(CN)c1. The van der Waals surface area contributed by atoms with Crippen molar-refractivity contribution in [3.8, 4) is 0 Å². The molecule has 1 heterocycles. The second kappa shape index (κ2) is 11.4. The molecule has 0 aromatic heterocycles. The number of nitrogens with zero attached hydrogens (tertiary/aromatic N) is 1. The van der Waals surface area contributed by atoms with Gasteiger partial charge >= 0.3 is 11.9 Å². The number of amides is 2. The molecule has 1 unspecified atom stereocenters. The number of aliphatic carboxylic acids is 1. The number of benzene rings is 1. The summed E-state index contributed by atoms with van der Waals surface area (Å²) >= 11 is 0. The zero-order valence-corrected chi connectivity index (χ0v) is 17.3. The van der Waals surface area contributed by atoms with Crippen LogP contribution in [0.2, 0.25) is 0 Å². The third-order valence-electron chi connectivity index (χ3n) is 4.96. The lowest BCUT2D eigenvalue weighted by molar-refractivity contribution is -0.158. The van der Waals surface area contributed by atoms with E-state index in [0.717, 1.165) is 18.2 Å². The minimum absolute atomic E-state index is 0.163. The molecule has 0 radical (unpaired) electrons. The van der Waals surface area contributed by atoms with E-state index in [4.69, 9.17) is 26.0 Å². The number of carboxylic acids is 1. The third-order valence-corrected chi connectivity index (χ3v) is 4.96. The van der Waals surface area contributed by atoms with Gasteiger partial charge in [-0.2, -0.15) is 0 Å². The smallest absolute Gasteiger partial charge is 0.331 e. The minimum Gasteiger partial charge on any atom is -0.480 e. The van der Waals surface area contributed by atoms with Crippen molar-refractivity contribution in [3.63, 3.8) is 0 Å². The number of carbonyl (C=O) groups is 4. The van der Waals surface area contributed by atoms with E-state index in [2.05, 4.69) is 5.32 Å². The van der Waals surface area contributed by atoms with Gasteiger partial charge in [-0.25, -0.2) is 9.59 Å². The van der Waals surface area contributed by atoms with Crippen molar-refractivity contribution in [2.45, 2.75) is 37.6 Å². The van der Waals surface area contributed by atoms with Gasteiger partial charge in [0.2, 0.25) is 11.8 Å². The highest BCUT2D eigenvalue weighted by atomic mass is 16.5. The van der Waals surface area contributed by atoms with Crippen LogP contribution in [0.25, 0.3) is 0 Å². The molecule has 1 aliphatic rings. The first-order valence-electron chi connectivity index (χ1n) is 9.78. The van der Waals surface area contributed by atoms with Crippen molar-refractivity contribution in [2.75, 3.05) is 26.8 Å². The largest absolute Gasteiger partial charge is 0.480 e. The predicted molar refractivity (Wildman–Crippen MR) is 109 cm³/mol. The number of ether oxygens (including phenoxy) is 2.